The van der Waals surface area contributed by atoms with Gasteiger partial charge in [0.05, 0.1) is 5.41 Å². The van der Waals surface area contributed by atoms with E-state index in [1.807, 2.05) is 13.2 Å². The van der Waals surface area contributed by atoms with E-state index < -0.39 is 11.4 Å². The van der Waals surface area contributed by atoms with Crippen LogP contribution >= 0.6 is 11.8 Å². The molecule has 0 aromatic rings. The maximum atomic E-state index is 11.4. The third kappa shape index (κ3) is 5.67. The van der Waals surface area contributed by atoms with Gasteiger partial charge in [-0.3, -0.25) is 9.59 Å². The van der Waals surface area contributed by atoms with Crippen molar-refractivity contribution >= 4 is 23.6 Å². The van der Waals surface area contributed by atoms with Gasteiger partial charge in [0.1, 0.15) is 0 Å². The number of thioether (sulfide) groups is 1. The molecular formula is C10H19NO3S. The van der Waals surface area contributed by atoms with Gasteiger partial charge in [-0.25, -0.2) is 0 Å². The van der Waals surface area contributed by atoms with Gasteiger partial charge in [-0.05, 0) is 20.1 Å². The molecule has 1 amide bonds. The van der Waals surface area contributed by atoms with Gasteiger partial charge in [0, 0.05) is 18.2 Å². The average molecular weight is 233 g/mol. The smallest absolute Gasteiger partial charge is 0.309 e. The highest BCUT2D eigenvalue weighted by atomic mass is 32.2. The van der Waals surface area contributed by atoms with Crippen molar-refractivity contribution in [3.8, 4) is 0 Å². The van der Waals surface area contributed by atoms with Crippen LogP contribution in [0.3, 0.4) is 0 Å². The summed E-state index contributed by atoms with van der Waals surface area (Å²) < 4.78 is 0. The van der Waals surface area contributed by atoms with Crippen LogP contribution in [0.1, 0.15) is 27.2 Å². The predicted molar refractivity (Wildman–Crippen MR) is 62.0 cm³/mol. The van der Waals surface area contributed by atoms with Gasteiger partial charge in [0.15, 0.2) is 0 Å². The summed E-state index contributed by atoms with van der Waals surface area (Å²) in [5, 5.41) is 11.9. The molecule has 0 spiro atoms. The fourth-order valence-electron chi connectivity index (χ4n) is 0.880. The topological polar surface area (TPSA) is 66.4 Å². The molecule has 0 bridgehead atoms. The number of nitrogens with one attached hydrogen (secondary N) is 1. The number of aliphatic carboxylic acids is 1. The molecule has 2 N–H and O–H groups in total. The maximum absolute atomic E-state index is 11.4. The first-order valence-electron chi connectivity index (χ1n) is 4.82. The maximum Gasteiger partial charge on any atom is 0.309 e. The molecule has 4 nitrogen and oxygen atoms in total. The van der Waals surface area contributed by atoms with Gasteiger partial charge in [-0.1, -0.05) is 6.92 Å². The summed E-state index contributed by atoms with van der Waals surface area (Å²) in [5.74, 6) is -1.15. The minimum Gasteiger partial charge on any atom is -0.481 e. The minimum atomic E-state index is -0.993. The molecule has 0 aromatic heterocycles. The van der Waals surface area contributed by atoms with Gasteiger partial charge in [0.25, 0.3) is 0 Å². The number of carboxylic acids is 1. The summed E-state index contributed by atoms with van der Waals surface area (Å²) in [5.41, 5.74) is -0.993. The van der Waals surface area contributed by atoms with Crippen molar-refractivity contribution in [2.45, 2.75) is 32.4 Å². The Kier molecular flexibility index (Phi) is 5.72. The van der Waals surface area contributed by atoms with E-state index in [1.165, 1.54) is 0 Å². The quantitative estimate of drug-likeness (QED) is 0.727. The van der Waals surface area contributed by atoms with Crippen LogP contribution in [0.25, 0.3) is 0 Å². The molecule has 0 aromatic carbocycles. The minimum absolute atomic E-state index is 0.0173. The van der Waals surface area contributed by atoms with E-state index in [4.69, 9.17) is 5.11 Å². The largest absolute Gasteiger partial charge is 0.481 e. The average Bonchev–Trinajstić information content (AvgIpc) is 2.13. The van der Waals surface area contributed by atoms with Crippen LogP contribution in [0.4, 0.5) is 0 Å². The molecule has 5 heteroatoms. The molecule has 0 heterocycles. The molecule has 0 fully saturated rings. The van der Waals surface area contributed by atoms with Crippen LogP contribution in [0, 0.1) is 5.41 Å². The highest BCUT2D eigenvalue weighted by Gasteiger charge is 2.29. The number of hydrogen-bond donors (Lipinski definition) is 2. The van der Waals surface area contributed by atoms with E-state index >= 15 is 0 Å². The highest BCUT2D eigenvalue weighted by Crippen LogP contribution is 2.20. The molecule has 15 heavy (non-hydrogen) atoms. The molecule has 0 aliphatic carbocycles. The standard InChI is InChI=1S/C10H19NO3S/c1-7(15-4)6-11-8(12)5-10(2,3)9(13)14/h7H,5-6H2,1-4H3,(H,11,12)(H,13,14). The van der Waals surface area contributed by atoms with Crippen LogP contribution in [-0.4, -0.2) is 35.0 Å². The lowest BCUT2D eigenvalue weighted by Gasteiger charge is -2.18. The van der Waals surface area contributed by atoms with Gasteiger partial charge >= 0.3 is 5.97 Å². The van der Waals surface area contributed by atoms with Crippen molar-refractivity contribution in [3.63, 3.8) is 0 Å². The van der Waals surface area contributed by atoms with Gasteiger partial charge in [-0.2, -0.15) is 11.8 Å². The summed E-state index contributed by atoms with van der Waals surface area (Å²) >= 11 is 1.66. The Balaban J connectivity index is 3.99. The van der Waals surface area contributed by atoms with E-state index in [2.05, 4.69) is 5.32 Å². The number of carbonyl (C=O) groups excluding carboxylic acids is 1. The number of rotatable bonds is 6. The first-order chi connectivity index (χ1) is 6.79. The van der Waals surface area contributed by atoms with E-state index in [1.54, 1.807) is 25.6 Å². The number of carboxylic acid groups (broad SMARTS) is 1. The van der Waals surface area contributed by atoms with Gasteiger partial charge in [-0.15, -0.1) is 0 Å². The zero-order chi connectivity index (χ0) is 12.1. The monoisotopic (exact) mass is 233 g/mol. The summed E-state index contributed by atoms with van der Waals surface area (Å²) in [4.78, 5) is 22.2. The lowest BCUT2D eigenvalue weighted by atomic mass is 9.89. The summed E-state index contributed by atoms with van der Waals surface area (Å²) in [6.45, 7) is 5.68. The second-order valence-corrected chi connectivity index (χ2v) is 5.49. The third-order valence-corrected chi connectivity index (χ3v) is 3.14. The zero-order valence-electron chi connectivity index (χ0n) is 9.66. The SMILES string of the molecule is CSC(C)CNC(=O)CC(C)(C)C(=O)O. The van der Waals surface area contributed by atoms with Crippen molar-refractivity contribution in [2.24, 2.45) is 5.41 Å². The van der Waals surface area contributed by atoms with Crippen LogP contribution < -0.4 is 5.32 Å². The van der Waals surface area contributed by atoms with Crippen molar-refractivity contribution in [2.75, 3.05) is 12.8 Å². The van der Waals surface area contributed by atoms with Crippen molar-refractivity contribution in [3.05, 3.63) is 0 Å². The summed E-state index contributed by atoms with van der Waals surface area (Å²) in [6.07, 6.45) is 1.99. The lowest BCUT2D eigenvalue weighted by molar-refractivity contribution is -0.149. The molecule has 1 atom stereocenters. The molecule has 0 rings (SSSR count). The Labute approximate surface area is 94.8 Å². The second kappa shape index (κ2) is 6.00. The fraction of sp³-hybridized carbons (Fsp3) is 0.800. The van der Waals surface area contributed by atoms with E-state index in [0.29, 0.717) is 11.8 Å². The van der Waals surface area contributed by atoms with Crippen LogP contribution in [0.5, 0.6) is 0 Å². The molecule has 0 aliphatic rings. The Morgan fingerprint density at radius 3 is 2.40 bits per heavy atom. The van der Waals surface area contributed by atoms with Gasteiger partial charge < -0.3 is 10.4 Å². The Bertz CT molecular complexity index is 241. The number of amides is 1. The molecular weight excluding hydrogens is 214 g/mol. The van der Waals surface area contributed by atoms with Crippen molar-refractivity contribution in [1.82, 2.24) is 5.32 Å². The molecule has 0 saturated carbocycles. The normalized spacial score (nSPS) is 13.3. The van der Waals surface area contributed by atoms with Gasteiger partial charge in [0.2, 0.25) is 5.91 Å². The van der Waals surface area contributed by atoms with Crippen LogP contribution in [0.15, 0.2) is 0 Å². The molecule has 0 radical (unpaired) electrons. The summed E-state index contributed by atoms with van der Waals surface area (Å²) in [6, 6.07) is 0. The first-order valence-corrected chi connectivity index (χ1v) is 6.11. The fourth-order valence-corrected chi connectivity index (χ4v) is 1.13. The molecule has 0 aliphatic heterocycles. The molecule has 0 saturated heterocycles. The Morgan fingerprint density at radius 2 is 2.00 bits per heavy atom. The van der Waals surface area contributed by atoms with Crippen molar-refractivity contribution in [1.29, 1.82) is 0 Å². The van der Waals surface area contributed by atoms with Crippen molar-refractivity contribution < 1.29 is 14.7 Å². The molecule has 1 unspecified atom stereocenters. The first kappa shape index (κ1) is 14.3. The van der Waals surface area contributed by atoms with Crippen LogP contribution in [-0.2, 0) is 9.59 Å². The van der Waals surface area contributed by atoms with E-state index in [0.717, 1.165) is 0 Å². The molecule has 88 valence electrons. The van der Waals surface area contributed by atoms with Crippen LogP contribution in [0.2, 0.25) is 0 Å². The van der Waals surface area contributed by atoms with E-state index in [-0.39, 0.29) is 12.3 Å². The Hall–Kier alpha value is -0.710. The predicted octanol–water partition coefficient (Wildman–Crippen LogP) is 1.36. The third-order valence-electron chi connectivity index (χ3n) is 2.17. The number of carbonyl (C=O) groups is 2. The number of hydrogen-bond acceptors (Lipinski definition) is 3. The summed E-state index contributed by atoms with van der Waals surface area (Å²) in [7, 11) is 0. The Morgan fingerprint density at radius 1 is 1.47 bits per heavy atom. The second-order valence-electron chi connectivity index (χ2n) is 4.22. The highest BCUT2D eigenvalue weighted by molar-refractivity contribution is 7.99. The lowest BCUT2D eigenvalue weighted by Crippen LogP contribution is -2.35. The zero-order valence-corrected chi connectivity index (χ0v) is 10.5. The van der Waals surface area contributed by atoms with E-state index in [9.17, 15) is 9.59 Å².